The van der Waals surface area contributed by atoms with Gasteiger partial charge >= 0.3 is 0 Å². The average molecular weight is 276 g/mol. The Kier molecular flexibility index (Phi) is 2.77. The fourth-order valence-electron chi connectivity index (χ4n) is 2.81. The summed E-state index contributed by atoms with van der Waals surface area (Å²) in [6, 6.07) is 2.49. The predicted octanol–water partition coefficient (Wildman–Crippen LogP) is 2.60. The van der Waals surface area contributed by atoms with E-state index in [4.69, 9.17) is 9.84 Å². The first-order valence-corrected chi connectivity index (χ1v) is 7.70. The Morgan fingerprint density at radius 1 is 1.42 bits per heavy atom. The van der Waals surface area contributed by atoms with E-state index in [1.54, 1.807) is 11.3 Å². The fraction of sp³-hybridized carbons (Fsp3) is 0.538. The molecule has 1 N–H and O–H groups in total. The molecule has 0 aromatic carbocycles. The summed E-state index contributed by atoms with van der Waals surface area (Å²) in [7, 11) is 0. The molecule has 0 saturated carbocycles. The maximum Gasteiger partial charge on any atom is 0.222 e. The van der Waals surface area contributed by atoms with Gasteiger partial charge in [0.25, 0.3) is 0 Å². The van der Waals surface area contributed by atoms with Gasteiger partial charge in [0.05, 0.1) is 6.04 Å². The van der Waals surface area contributed by atoms with Crippen LogP contribution in [0.1, 0.15) is 42.8 Å². The molecule has 0 amide bonds. The van der Waals surface area contributed by atoms with E-state index in [-0.39, 0.29) is 6.10 Å². The molecular formula is C13H16N4OS. The number of fused-ring (bicyclic) bond motifs is 1. The highest BCUT2D eigenvalue weighted by Crippen LogP contribution is 2.33. The third kappa shape index (κ3) is 1.95. The molecule has 5 nitrogen and oxygen atoms in total. The van der Waals surface area contributed by atoms with Crippen LogP contribution < -0.4 is 5.32 Å². The standard InChI is InChI=1S/C13H16N4OS/c1-2-11(18-6-1)12-15-13-14-5-3-10(17(13)16-12)9-4-7-19-8-9/h4,7-8,10-11H,1-3,5-6H2,(H,14,15,16). The predicted molar refractivity (Wildman–Crippen MR) is 73.5 cm³/mol. The van der Waals surface area contributed by atoms with E-state index >= 15 is 0 Å². The molecule has 1 saturated heterocycles. The largest absolute Gasteiger partial charge is 0.370 e. The van der Waals surface area contributed by atoms with Crippen LogP contribution in [0.3, 0.4) is 0 Å². The maximum absolute atomic E-state index is 5.68. The van der Waals surface area contributed by atoms with E-state index in [2.05, 4.69) is 27.1 Å². The molecule has 2 aromatic heterocycles. The van der Waals surface area contributed by atoms with Gasteiger partial charge in [0, 0.05) is 13.2 Å². The maximum atomic E-state index is 5.68. The van der Waals surface area contributed by atoms with Gasteiger partial charge in [-0.3, -0.25) is 0 Å². The van der Waals surface area contributed by atoms with E-state index < -0.39 is 0 Å². The smallest absolute Gasteiger partial charge is 0.222 e. The molecule has 0 bridgehead atoms. The average Bonchev–Trinajstić information content (AvgIpc) is 3.18. The van der Waals surface area contributed by atoms with Crippen LogP contribution in [0.25, 0.3) is 0 Å². The molecule has 0 spiro atoms. The number of aromatic nitrogens is 3. The van der Waals surface area contributed by atoms with Gasteiger partial charge in [-0.2, -0.15) is 21.4 Å². The second kappa shape index (κ2) is 4.61. The SMILES string of the molecule is c1cc(C2CCNc3nc(C4CCCO4)nn32)cs1. The van der Waals surface area contributed by atoms with Gasteiger partial charge in [0.15, 0.2) is 5.82 Å². The summed E-state index contributed by atoms with van der Waals surface area (Å²) in [6.07, 6.45) is 3.28. The number of thiophene rings is 1. The first kappa shape index (κ1) is 11.4. The third-order valence-electron chi connectivity index (χ3n) is 3.79. The second-order valence-corrected chi connectivity index (χ2v) is 5.81. The normalized spacial score (nSPS) is 26.1. The Labute approximate surface area is 115 Å². The molecule has 2 aromatic rings. The van der Waals surface area contributed by atoms with Crippen LogP contribution >= 0.6 is 11.3 Å². The van der Waals surface area contributed by atoms with Crippen molar-refractivity contribution in [2.75, 3.05) is 18.5 Å². The highest BCUT2D eigenvalue weighted by atomic mass is 32.1. The molecule has 4 heterocycles. The molecule has 6 heteroatoms. The van der Waals surface area contributed by atoms with Crippen molar-refractivity contribution in [1.82, 2.24) is 14.8 Å². The molecule has 2 atom stereocenters. The Hall–Kier alpha value is -1.40. The molecule has 2 aliphatic rings. The van der Waals surface area contributed by atoms with E-state index in [1.807, 2.05) is 4.68 Å². The number of hydrogen-bond acceptors (Lipinski definition) is 5. The zero-order valence-electron chi connectivity index (χ0n) is 10.6. The summed E-state index contributed by atoms with van der Waals surface area (Å²) in [5, 5.41) is 12.4. The molecule has 0 aliphatic carbocycles. The molecule has 19 heavy (non-hydrogen) atoms. The van der Waals surface area contributed by atoms with Crippen molar-refractivity contribution >= 4 is 17.3 Å². The van der Waals surface area contributed by atoms with Gasteiger partial charge in [-0.1, -0.05) is 0 Å². The first-order chi connectivity index (χ1) is 9.42. The zero-order valence-corrected chi connectivity index (χ0v) is 11.4. The molecule has 2 aliphatic heterocycles. The highest BCUT2D eigenvalue weighted by molar-refractivity contribution is 7.07. The van der Waals surface area contributed by atoms with Crippen LogP contribution in [0.15, 0.2) is 16.8 Å². The molecule has 100 valence electrons. The summed E-state index contributed by atoms with van der Waals surface area (Å²) >= 11 is 1.73. The van der Waals surface area contributed by atoms with E-state index in [0.717, 1.165) is 44.2 Å². The number of hydrogen-bond donors (Lipinski definition) is 1. The van der Waals surface area contributed by atoms with Crippen LogP contribution in [-0.2, 0) is 4.74 Å². The van der Waals surface area contributed by atoms with Crippen LogP contribution in [-0.4, -0.2) is 27.9 Å². The lowest BCUT2D eigenvalue weighted by Crippen LogP contribution is -2.24. The van der Waals surface area contributed by atoms with Crippen molar-refractivity contribution in [3.63, 3.8) is 0 Å². The number of ether oxygens (including phenoxy) is 1. The van der Waals surface area contributed by atoms with Crippen molar-refractivity contribution in [2.24, 2.45) is 0 Å². The van der Waals surface area contributed by atoms with E-state index in [9.17, 15) is 0 Å². The van der Waals surface area contributed by atoms with Crippen LogP contribution in [0.5, 0.6) is 0 Å². The molecular weight excluding hydrogens is 260 g/mol. The van der Waals surface area contributed by atoms with Crippen molar-refractivity contribution in [3.8, 4) is 0 Å². The lowest BCUT2D eigenvalue weighted by molar-refractivity contribution is 0.105. The number of rotatable bonds is 2. The lowest BCUT2D eigenvalue weighted by Gasteiger charge is -2.23. The lowest BCUT2D eigenvalue weighted by atomic mass is 10.1. The van der Waals surface area contributed by atoms with Gasteiger partial charge < -0.3 is 10.1 Å². The Balaban J connectivity index is 1.70. The van der Waals surface area contributed by atoms with E-state index in [0.29, 0.717) is 6.04 Å². The van der Waals surface area contributed by atoms with Gasteiger partial charge in [0.2, 0.25) is 5.95 Å². The minimum absolute atomic E-state index is 0.0861. The van der Waals surface area contributed by atoms with Gasteiger partial charge in [-0.15, -0.1) is 0 Å². The molecule has 2 unspecified atom stereocenters. The number of anilines is 1. The van der Waals surface area contributed by atoms with Crippen molar-refractivity contribution < 1.29 is 4.74 Å². The van der Waals surface area contributed by atoms with Crippen LogP contribution in [0.4, 0.5) is 5.95 Å². The molecule has 0 radical (unpaired) electrons. The van der Waals surface area contributed by atoms with Gasteiger partial charge in [0.1, 0.15) is 6.10 Å². The first-order valence-electron chi connectivity index (χ1n) is 6.76. The summed E-state index contributed by atoms with van der Waals surface area (Å²) < 4.78 is 7.71. The number of nitrogens with one attached hydrogen (secondary N) is 1. The summed E-state index contributed by atoms with van der Waals surface area (Å²) in [5.41, 5.74) is 1.33. The van der Waals surface area contributed by atoms with Crippen molar-refractivity contribution in [2.45, 2.75) is 31.4 Å². The van der Waals surface area contributed by atoms with Gasteiger partial charge in [-0.05, 0) is 41.7 Å². The Morgan fingerprint density at radius 3 is 3.21 bits per heavy atom. The quantitative estimate of drug-likeness (QED) is 0.916. The van der Waals surface area contributed by atoms with Crippen molar-refractivity contribution in [3.05, 3.63) is 28.2 Å². The summed E-state index contributed by atoms with van der Waals surface area (Å²) in [6.45, 7) is 1.78. The molecule has 4 rings (SSSR count). The van der Waals surface area contributed by atoms with Crippen LogP contribution in [0.2, 0.25) is 0 Å². The fourth-order valence-corrected chi connectivity index (χ4v) is 3.52. The topological polar surface area (TPSA) is 52.0 Å². The highest BCUT2D eigenvalue weighted by Gasteiger charge is 2.28. The summed E-state index contributed by atoms with van der Waals surface area (Å²) in [5.74, 6) is 1.72. The van der Waals surface area contributed by atoms with Crippen molar-refractivity contribution in [1.29, 1.82) is 0 Å². The van der Waals surface area contributed by atoms with Crippen LogP contribution in [0, 0.1) is 0 Å². The van der Waals surface area contributed by atoms with E-state index in [1.165, 1.54) is 5.56 Å². The second-order valence-electron chi connectivity index (χ2n) is 5.03. The minimum Gasteiger partial charge on any atom is -0.370 e. The zero-order chi connectivity index (χ0) is 12.7. The number of nitrogens with zero attached hydrogens (tertiary/aromatic N) is 3. The van der Waals surface area contributed by atoms with Gasteiger partial charge in [-0.25, -0.2) is 4.68 Å². The molecule has 1 fully saturated rings. The minimum atomic E-state index is 0.0861. The third-order valence-corrected chi connectivity index (χ3v) is 4.49. The monoisotopic (exact) mass is 276 g/mol. The Bertz CT molecular complexity index is 559. The summed E-state index contributed by atoms with van der Waals surface area (Å²) in [4.78, 5) is 4.61. The Morgan fingerprint density at radius 2 is 2.42 bits per heavy atom.